The van der Waals surface area contributed by atoms with E-state index in [0.29, 0.717) is 11.4 Å². The van der Waals surface area contributed by atoms with Crippen LogP contribution in [0.3, 0.4) is 0 Å². The third kappa shape index (κ3) is 3.71. The van der Waals surface area contributed by atoms with Gasteiger partial charge >= 0.3 is 0 Å². The van der Waals surface area contributed by atoms with E-state index in [-0.39, 0.29) is 11.8 Å². The molecule has 19 heavy (non-hydrogen) atoms. The second-order valence-corrected chi connectivity index (χ2v) is 6.69. The number of hydrogen-bond donors (Lipinski definition) is 1. The highest BCUT2D eigenvalue weighted by molar-refractivity contribution is 7.85. The number of anilines is 1. The van der Waals surface area contributed by atoms with E-state index >= 15 is 0 Å². The third-order valence-corrected chi connectivity index (χ3v) is 4.97. The van der Waals surface area contributed by atoms with Crippen molar-refractivity contribution in [2.75, 3.05) is 5.32 Å². The predicted molar refractivity (Wildman–Crippen MR) is 73.3 cm³/mol. The van der Waals surface area contributed by atoms with Gasteiger partial charge in [-0.15, -0.1) is 11.3 Å². The first-order valence-corrected chi connectivity index (χ1v) is 7.81. The van der Waals surface area contributed by atoms with Crippen LogP contribution in [0.1, 0.15) is 17.5 Å². The molecule has 0 spiro atoms. The topological polar surface area (TPSA) is 85.1 Å². The molecule has 0 fully saturated rings. The summed E-state index contributed by atoms with van der Waals surface area (Å²) in [6, 6.07) is 1.61. The van der Waals surface area contributed by atoms with Crippen molar-refractivity contribution in [1.29, 1.82) is 0 Å². The van der Waals surface area contributed by atoms with Crippen molar-refractivity contribution < 1.29 is 13.5 Å². The van der Waals surface area contributed by atoms with Gasteiger partial charge in [-0.2, -0.15) is 0 Å². The van der Waals surface area contributed by atoms with Crippen LogP contribution in [0.5, 0.6) is 0 Å². The van der Waals surface area contributed by atoms with E-state index in [4.69, 9.17) is 4.52 Å². The monoisotopic (exact) mass is 299 g/mol. The van der Waals surface area contributed by atoms with Crippen molar-refractivity contribution >= 4 is 33.9 Å². The minimum atomic E-state index is -1.29. The van der Waals surface area contributed by atoms with Gasteiger partial charge in [0.05, 0.1) is 17.0 Å². The van der Waals surface area contributed by atoms with Crippen molar-refractivity contribution in [3.8, 4) is 0 Å². The lowest BCUT2D eigenvalue weighted by Crippen LogP contribution is -2.29. The van der Waals surface area contributed by atoms with Crippen molar-refractivity contribution in [2.45, 2.75) is 24.9 Å². The molecule has 2 aromatic heterocycles. The summed E-state index contributed by atoms with van der Waals surface area (Å²) < 4.78 is 16.9. The number of nitrogens with zero attached hydrogens (tertiary/aromatic N) is 2. The van der Waals surface area contributed by atoms with Gasteiger partial charge in [0.25, 0.3) is 0 Å². The fraction of sp³-hybridized carbons (Fsp3) is 0.364. The summed E-state index contributed by atoms with van der Waals surface area (Å²) in [6.45, 7) is 3.38. The normalized spacial score (nSPS) is 14.0. The molecule has 1 amide bonds. The standard InChI is InChI=1S/C11H13N3O3S2/c1-7-3-10(17-14-7)13-11(15)8(2)19(16)5-9-4-12-6-18-9/h3-4,6,8H,5H2,1-2H3,(H,13,15). The van der Waals surface area contributed by atoms with Crippen LogP contribution in [0, 0.1) is 6.92 Å². The molecule has 0 aliphatic carbocycles. The summed E-state index contributed by atoms with van der Waals surface area (Å²) in [4.78, 5) is 16.7. The molecule has 2 heterocycles. The second kappa shape index (κ2) is 6.07. The Kier molecular flexibility index (Phi) is 4.43. The minimum Gasteiger partial charge on any atom is -0.338 e. The van der Waals surface area contributed by atoms with Gasteiger partial charge in [-0.3, -0.25) is 19.3 Å². The molecule has 0 saturated heterocycles. The van der Waals surface area contributed by atoms with E-state index in [1.165, 1.54) is 11.3 Å². The Hall–Kier alpha value is -1.54. The van der Waals surface area contributed by atoms with Crippen LogP contribution in [0.15, 0.2) is 22.3 Å². The number of carbonyl (C=O) groups is 1. The lowest BCUT2D eigenvalue weighted by Gasteiger charge is -2.09. The minimum absolute atomic E-state index is 0.268. The molecule has 1 N–H and O–H groups in total. The SMILES string of the molecule is Cc1cc(NC(=O)C(C)S(=O)Cc2cncs2)on1. The molecule has 0 bridgehead atoms. The molecular weight excluding hydrogens is 286 g/mol. The molecule has 8 heteroatoms. The number of amides is 1. The fourth-order valence-electron chi connectivity index (χ4n) is 1.34. The van der Waals surface area contributed by atoms with Gasteiger partial charge in [-0.1, -0.05) is 5.16 Å². The maximum Gasteiger partial charge on any atom is 0.242 e. The molecule has 0 aromatic carbocycles. The van der Waals surface area contributed by atoms with Gasteiger partial charge in [0.2, 0.25) is 11.8 Å². The first kappa shape index (κ1) is 13.9. The molecule has 2 rings (SSSR count). The highest BCUT2D eigenvalue weighted by atomic mass is 32.2. The van der Waals surface area contributed by atoms with Crippen molar-refractivity contribution in [2.24, 2.45) is 0 Å². The Morgan fingerprint density at radius 2 is 2.42 bits per heavy atom. The summed E-state index contributed by atoms with van der Waals surface area (Å²) in [5.41, 5.74) is 2.35. The summed E-state index contributed by atoms with van der Waals surface area (Å²) in [7, 11) is -1.29. The number of thiazole rings is 1. The van der Waals surface area contributed by atoms with Crippen molar-refractivity contribution in [3.05, 3.63) is 28.3 Å². The number of nitrogens with one attached hydrogen (secondary N) is 1. The molecule has 2 atom stereocenters. The molecule has 6 nitrogen and oxygen atoms in total. The van der Waals surface area contributed by atoms with E-state index in [1.54, 1.807) is 31.6 Å². The summed E-state index contributed by atoms with van der Waals surface area (Å²) >= 11 is 1.42. The van der Waals surface area contributed by atoms with Crippen molar-refractivity contribution in [1.82, 2.24) is 10.1 Å². The van der Waals surface area contributed by atoms with Crippen LogP contribution in [0.2, 0.25) is 0 Å². The fourth-order valence-corrected chi connectivity index (χ4v) is 3.25. The Labute approximate surface area is 116 Å². The van der Waals surface area contributed by atoms with Gasteiger partial charge in [0.1, 0.15) is 5.25 Å². The molecule has 102 valence electrons. The quantitative estimate of drug-likeness (QED) is 0.908. The molecule has 0 aliphatic rings. The van der Waals surface area contributed by atoms with Crippen LogP contribution in [-0.2, 0) is 21.3 Å². The van der Waals surface area contributed by atoms with E-state index in [9.17, 15) is 9.00 Å². The molecule has 2 aromatic rings. The predicted octanol–water partition coefficient (Wildman–Crippen LogP) is 1.72. The van der Waals surface area contributed by atoms with Crippen LogP contribution in [0.25, 0.3) is 0 Å². The maximum atomic E-state index is 12.0. The average Bonchev–Trinajstić information content (AvgIpc) is 3.00. The van der Waals surface area contributed by atoms with Crippen LogP contribution in [-0.4, -0.2) is 25.5 Å². The van der Waals surface area contributed by atoms with Gasteiger partial charge in [0.15, 0.2) is 0 Å². The number of aryl methyl sites for hydroxylation is 1. The van der Waals surface area contributed by atoms with Crippen LogP contribution < -0.4 is 5.32 Å². The van der Waals surface area contributed by atoms with Crippen LogP contribution >= 0.6 is 11.3 Å². The molecule has 0 saturated carbocycles. The highest BCUT2D eigenvalue weighted by Crippen LogP contribution is 2.14. The van der Waals surface area contributed by atoms with Gasteiger partial charge in [0, 0.05) is 27.9 Å². The van der Waals surface area contributed by atoms with E-state index in [2.05, 4.69) is 15.5 Å². The molecule has 0 radical (unpaired) electrons. The first-order valence-electron chi connectivity index (χ1n) is 5.55. The largest absolute Gasteiger partial charge is 0.338 e. The molecule has 2 unspecified atom stereocenters. The Bertz CT molecular complexity index is 580. The zero-order valence-electron chi connectivity index (χ0n) is 10.5. The summed E-state index contributed by atoms with van der Waals surface area (Å²) in [5, 5.41) is 5.58. The summed E-state index contributed by atoms with van der Waals surface area (Å²) in [6.07, 6.45) is 1.66. The van der Waals surface area contributed by atoms with Gasteiger partial charge in [-0.05, 0) is 13.8 Å². The van der Waals surface area contributed by atoms with E-state index < -0.39 is 16.0 Å². The van der Waals surface area contributed by atoms with Gasteiger partial charge in [-0.25, -0.2) is 0 Å². The van der Waals surface area contributed by atoms with Crippen molar-refractivity contribution in [3.63, 3.8) is 0 Å². The summed E-state index contributed by atoms with van der Waals surface area (Å²) in [5.74, 6) is 0.248. The smallest absolute Gasteiger partial charge is 0.242 e. The Morgan fingerprint density at radius 1 is 1.63 bits per heavy atom. The van der Waals surface area contributed by atoms with E-state index in [0.717, 1.165) is 4.88 Å². The number of aromatic nitrogens is 2. The molecular formula is C11H13N3O3S2. The third-order valence-electron chi connectivity index (χ3n) is 2.41. The number of rotatable bonds is 5. The zero-order valence-corrected chi connectivity index (χ0v) is 12.1. The maximum absolute atomic E-state index is 12.0. The second-order valence-electron chi connectivity index (χ2n) is 3.96. The Balaban J connectivity index is 1.93. The first-order chi connectivity index (χ1) is 9.06. The van der Waals surface area contributed by atoms with Gasteiger partial charge < -0.3 is 4.52 Å². The average molecular weight is 299 g/mol. The Morgan fingerprint density at radius 3 is 3.00 bits per heavy atom. The van der Waals surface area contributed by atoms with Crippen LogP contribution in [0.4, 0.5) is 5.88 Å². The van der Waals surface area contributed by atoms with E-state index in [1.807, 2.05) is 0 Å². The lowest BCUT2D eigenvalue weighted by molar-refractivity contribution is -0.115. The number of hydrogen-bond acceptors (Lipinski definition) is 6. The zero-order chi connectivity index (χ0) is 13.8. The highest BCUT2D eigenvalue weighted by Gasteiger charge is 2.21. The molecule has 0 aliphatic heterocycles. The number of carbonyl (C=O) groups excluding carboxylic acids is 1. The lowest BCUT2D eigenvalue weighted by atomic mass is 10.4.